The predicted molar refractivity (Wildman–Crippen MR) is 107 cm³/mol. The van der Waals surface area contributed by atoms with E-state index in [9.17, 15) is 4.79 Å². The molecule has 4 unspecified atom stereocenters. The van der Waals surface area contributed by atoms with Crippen LogP contribution in [-0.4, -0.2) is 12.5 Å². The minimum Gasteiger partial charge on any atom is -0.493 e. The van der Waals surface area contributed by atoms with E-state index < -0.39 is 5.91 Å². The van der Waals surface area contributed by atoms with Gasteiger partial charge in [-0.05, 0) is 92.4 Å². The van der Waals surface area contributed by atoms with E-state index in [0.29, 0.717) is 23.8 Å². The molecule has 0 bridgehead atoms. The summed E-state index contributed by atoms with van der Waals surface area (Å²) in [6.45, 7) is 8.81. The second-order valence-electron chi connectivity index (χ2n) is 8.20. The molecule has 2 aliphatic carbocycles. The number of aryl methyl sites for hydroxylation is 1. The largest absolute Gasteiger partial charge is 0.493 e. The van der Waals surface area contributed by atoms with E-state index in [1.54, 1.807) is 0 Å². The minimum atomic E-state index is -0.398. The van der Waals surface area contributed by atoms with E-state index in [-0.39, 0.29) is 0 Å². The van der Waals surface area contributed by atoms with Crippen LogP contribution in [0.15, 0.2) is 24.8 Å². The highest BCUT2D eigenvalue weighted by Crippen LogP contribution is 2.49. The molecule has 1 aromatic carbocycles. The van der Waals surface area contributed by atoms with Crippen molar-refractivity contribution in [3.63, 3.8) is 0 Å². The van der Waals surface area contributed by atoms with Crippen LogP contribution in [0.5, 0.6) is 5.75 Å². The van der Waals surface area contributed by atoms with Crippen LogP contribution in [0.25, 0.3) is 0 Å². The molecule has 2 aliphatic rings. The predicted octanol–water partition coefficient (Wildman–Crippen LogP) is 5.23. The fourth-order valence-electron chi connectivity index (χ4n) is 5.29. The minimum absolute atomic E-state index is 0.398. The van der Waals surface area contributed by atoms with Crippen LogP contribution in [0.3, 0.4) is 0 Å². The molecule has 0 heterocycles. The molecule has 3 rings (SSSR count). The van der Waals surface area contributed by atoms with Gasteiger partial charge in [-0.3, -0.25) is 4.79 Å². The second-order valence-corrected chi connectivity index (χ2v) is 8.20. The second kappa shape index (κ2) is 8.28. The molecule has 26 heavy (non-hydrogen) atoms. The summed E-state index contributed by atoms with van der Waals surface area (Å²) >= 11 is 0. The van der Waals surface area contributed by atoms with Gasteiger partial charge >= 0.3 is 0 Å². The lowest BCUT2D eigenvalue weighted by atomic mass is 9.67. The van der Waals surface area contributed by atoms with Crippen molar-refractivity contribution in [3.05, 3.63) is 41.5 Å². The van der Waals surface area contributed by atoms with Gasteiger partial charge in [-0.2, -0.15) is 0 Å². The summed E-state index contributed by atoms with van der Waals surface area (Å²) in [5.41, 5.74) is 8.81. The van der Waals surface area contributed by atoms with Gasteiger partial charge in [0.1, 0.15) is 5.75 Å². The summed E-state index contributed by atoms with van der Waals surface area (Å²) in [6, 6.07) is 4.12. The molecule has 0 aliphatic heterocycles. The van der Waals surface area contributed by atoms with Crippen LogP contribution in [0.1, 0.15) is 79.8 Å². The van der Waals surface area contributed by atoms with E-state index >= 15 is 0 Å². The van der Waals surface area contributed by atoms with Crippen molar-refractivity contribution in [1.29, 1.82) is 0 Å². The van der Waals surface area contributed by atoms with E-state index in [1.807, 2.05) is 19.1 Å². The van der Waals surface area contributed by atoms with Gasteiger partial charge in [-0.1, -0.05) is 19.4 Å². The Morgan fingerprint density at radius 1 is 1.35 bits per heavy atom. The molecular formula is C23H33NO2. The van der Waals surface area contributed by atoms with E-state index in [2.05, 4.69) is 19.6 Å². The van der Waals surface area contributed by atoms with Gasteiger partial charge in [0.25, 0.3) is 5.91 Å². The number of rotatable bonds is 7. The Kier molecular flexibility index (Phi) is 6.05. The number of amides is 1. The Morgan fingerprint density at radius 3 is 2.77 bits per heavy atom. The summed E-state index contributed by atoms with van der Waals surface area (Å²) in [6.07, 6.45) is 10.6. The highest BCUT2D eigenvalue weighted by Gasteiger charge is 2.37. The number of allylic oxidation sites excluding steroid dienone is 1. The zero-order valence-electron chi connectivity index (χ0n) is 16.3. The van der Waals surface area contributed by atoms with Crippen LogP contribution in [0.2, 0.25) is 0 Å². The van der Waals surface area contributed by atoms with Gasteiger partial charge in [-0.15, -0.1) is 6.58 Å². The smallest absolute Gasteiger partial charge is 0.252 e. The van der Waals surface area contributed by atoms with E-state index in [0.717, 1.165) is 37.0 Å². The number of ether oxygens (including phenoxy) is 1. The zero-order valence-corrected chi connectivity index (χ0v) is 16.3. The molecule has 0 radical (unpaired) electrons. The monoisotopic (exact) mass is 355 g/mol. The molecule has 1 amide bonds. The van der Waals surface area contributed by atoms with Crippen molar-refractivity contribution in [2.75, 3.05) is 6.61 Å². The number of carbonyl (C=O) groups excluding carboxylic acids is 1. The lowest BCUT2D eigenvalue weighted by Gasteiger charge is -2.38. The number of primary amides is 1. The summed E-state index contributed by atoms with van der Waals surface area (Å²) in [4.78, 5) is 11.9. The molecule has 1 saturated carbocycles. The number of benzene rings is 1. The first-order valence-corrected chi connectivity index (χ1v) is 10.2. The first kappa shape index (κ1) is 19.0. The number of hydrogen-bond donors (Lipinski definition) is 1. The van der Waals surface area contributed by atoms with Gasteiger partial charge in [0, 0.05) is 0 Å². The Bertz CT molecular complexity index is 666. The highest BCUT2D eigenvalue weighted by molar-refractivity contribution is 5.96. The molecule has 0 spiro atoms. The first-order chi connectivity index (χ1) is 12.5. The van der Waals surface area contributed by atoms with Crippen LogP contribution < -0.4 is 10.5 Å². The average Bonchev–Trinajstić information content (AvgIpc) is 3.05. The standard InChI is InChI=1S/C23H33NO2/c1-4-6-7-19-18(16-9-8-15(3)12-16)11-10-17-13-21(23(24)25)22(26-5-2)14-20(17)19/h4,13-16,18-19H,1,5-12H2,2-3H3,(H2,24,25). The quantitative estimate of drug-likeness (QED) is 0.681. The molecule has 0 aromatic heterocycles. The van der Waals surface area contributed by atoms with E-state index in [4.69, 9.17) is 10.5 Å². The maximum absolute atomic E-state index is 11.9. The average molecular weight is 356 g/mol. The summed E-state index contributed by atoms with van der Waals surface area (Å²) in [5, 5.41) is 0. The fourth-order valence-corrected chi connectivity index (χ4v) is 5.29. The van der Waals surface area contributed by atoms with Gasteiger partial charge in [0.15, 0.2) is 0 Å². The summed E-state index contributed by atoms with van der Waals surface area (Å²) in [7, 11) is 0. The number of carbonyl (C=O) groups is 1. The van der Waals surface area contributed by atoms with Crippen molar-refractivity contribution in [3.8, 4) is 5.75 Å². The fraction of sp³-hybridized carbons (Fsp3) is 0.609. The topological polar surface area (TPSA) is 52.3 Å². The van der Waals surface area contributed by atoms with Gasteiger partial charge in [0.05, 0.1) is 12.2 Å². The van der Waals surface area contributed by atoms with Gasteiger partial charge in [-0.25, -0.2) is 0 Å². The maximum atomic E-state index is 11.9. The third-order valence-electron chi connectivity index (χ3n) is 6.49. The molecule has 1 aromatic rings. The Labute approximate surface area is 158 Å². The Balaban J connectivity index is 1.98. The van der Waals surface area contributed by atoms with Gasteiger partial charge < -0.3 is 10.5 Å². The van der Waals surface area contributed by atoms with Crippen LogP contribution in [0, 0.1) is 17.8 Å². The summed E-state index contributed by atoms with van der Waals surface area (Å²) < 4.78 is 5.77. The Morgan fingerprint density at radius 2 is 2.15 bits per heavy atom. The SMILES string of the molecule is C=CCCC1c2cc(OCC)c(C(N)=O)cc2CCC1C1CCC(C)C1. The lowest BCUT2D eigenvalue weighted by Crippen LogP contribution is -2.27. The molecule has 142 valence electrons. The molecule has 4 atom stereocenters. The van der Waals surface area contributed by atoms with Crippen molar-refractivity contribution >= 4 is 5.91 Å². The van der Waals surface area contributed by atoms with Crippen LogP contribution >= 0.6 is 0 Å². The van der Waals surface area contributed by atoms with Crippen molar-refractivity contribution in [1.82, 2.24) is 0 Å². The highest BCUT2D eigenvalue weighted by atomic mass is 16.5. The molecule has 1 fully saturated rings. The number of nitrogens with two attached hydrogens (primary N) is 1. The molecular weight excluding hydrogens is 322 g/mol. The Hall–Kier alpha value is -1.77. The van der Waals surface area contributed by atoms with Crippen LogP contribution in [-0.2, 0) is 6.42 Å². The van der Waals surface area contributed by atoms with Crippen molar-refractivity contribution in [2.45, 2.75) is 64.7 Å². The maximum Gasteiger partial charge on any atom is 0.252 e. The molecule has 2 N–H and O–H groups in total. The molecule has 3 heteroatoms. The van der Waals surface area contributed by atoms with E-state index in [1.165, 1.54) is 36.8 Å². The van der Waals surface area contributed by atoms with Crippen LogP contribution in [0.4, 0.5) is 0 Å². The van der Waals surface area contributed by atoms with Crippen molar-refractivity contribution < 1.29 is 9.53 Å². The third kappa shape index (κ3) is 3.82. The summed E-state index contributed by atoms with van der Waals surface area (Å²) in [5.74, 6) is 3.22. The number of fused-ring (bicyclic) bond motifs is 1. The first-order valence-electron chi connectivity index (χ1n) is 10.2. The molecule has 0 saturated heterocycles. The number of hydrogen-bond acceptors (Lipinski definition) is 2. The third-order valence-corrected chi connectivity index (χ3v) is 6.49. The lowest BCUT2D eigenvalue weighted by molar-refractivity contribution is 0.0996. The van der Waals surface area contributed by atoms with Crippen molar-refractivity contribution in [2.24, 2.45) is 23.5 Å². The molecule has 3 nitrogen and oxygen atoms in total. The zero-order chi connectivity index (χ0) is 18.7. The normalized spacial score (nSPS) is 27.8. The van der Waals surface area contributed by atoms with Gasteiger partial charge in [0.2, 0.25) is 0 Å².